The molecule has 2 heterocycles. The summed E-state index contributed by atoms with van der Waals surface area (Å²) in [5.41, 5.74) is 19.0. The van der Waals surface area contributed by atoms with Gasteiger partial charge in [-0.15, -0.1) is 0 Å². The number of nitrogens with zero attached hydrogens (tertiary/aromatic N) is 4. The lowest BCUT2D eigenvalue weighted by molar-refractivity contribution is 0.129. The first-order valence-corrected chi connectivity index (χ1v) is 14.2. The zero-order valence-corrected chi connectivity index (χ0v) is 24.1. The Hall–Kier alpha value is -3.65. The fraction of sp³-hybridized carbons (Fsp3) is 0.483. The van der Waals surface area contributed by atoms with Gasteiger partial charge in [0.05, 0.1) is 28.8 Å². The zero-order valence-electron chi connectivity index (χ0n) is 24.1. The summed E-state index contributed by atoms with van der Waals surface area (Å²) in [5.74, 6) is -0.473. The van der Waals surface area contributed by atoms with Crippen LogP contribution in [0.25, 0.3) is 10.9 Å². The van der Waals surface area contributed by atoms with Crippen LogP contribution in [0.15, 0.2) is 46.2 Å². The maximum absolute atomic E-state index is 14.1. The molecular formula is C29H39F2N9O2. The SMILES string of the molecule is CC1C(N=C(Nc2ccc3c(=O)n(C)c(COc4ccc(F)cc4F)nc3c2)N2CCN[C@H](N)C2)CCC(N)(N)[C@H]1C. The molecule has 42 heavy (non-hydrogen) atoms. The highest BCUT2D eigenvalue weighted by Crippen LogP contribution is 2.35. The second-order valence-electron chi connectivity index (χ2n) is 11.4. The molecule has 3 aromatic rings. The first kappa shape index (κ1) is 29.8. The molecule has 2 unspecified atom stereocenters. The van der Waals surface area contributed by atoms with Crippen LogP contribution in [-0.4, -0.2) is 57.9 Å². The van der Waals surface area contributed by atoms with Crippen molar-refractivity contribution in [1.82, 2.24) is 19.8 Å². The Kier molecular flexibility index (Phi) is 8.46. The van der Waals surface area contributed by atoms with E-state index in [1.807, 2.05) is 6.07 Å². The number of aromatic nitrogens is 2. The number of hydrogen-bond acceptors (Lipinski definition) is 8. The van der Waals surface area contributed by atoms with Crippen LogP contribution >= 0.6 is 0 Å². The van der Waals surface area contributed by atoms with Gasteiger partial charge in [-0.3, -0.25) is 14.7 Å². The molecule has 2 aliphatic rings. The van der Waals surface area contributed by atoms with Gasteiger partial charge in [-0.25, -0.2) is 18.8 Å². The smallest absolute Gasteiger partial charge is 0.261 e. The standard InChI is InChI=1S/C29H39F2N9O2/c1-16-17(2)29(33,34)9-8-22(16)38-28(40-11-10-35-25(32)14-40)36-19-5-6-20-23(13-19)37-26(39(3)27(20)41)15-42-24-7-4-18(30)12-21(24)31/h4-7,12-13,16-17,22,25,35H,8-11,14-15,32-34H2,1-3H3,(H,36,38)/t16?,17-,22?,25-/m0/s1. The fourth-order valence-electron chi connectivity index (χ4n) is 5.60. The van der Waals surface area contributed by atoms with Crippen molar-refractivity contribution in [2.45, 2.75) is 51.2 Å². The van der Waals surface area contributed by atoms with Gasteiger partial charge in [0.25, 0.3) is 5.56 Å². The number of halogens is 2. The Balaban J connectivity index is 1.44. The molecule has 1 aliphatic carbocycles. The number of nitrogens with one attached hydrogen (secondary N) is 2. The summed E-state index contributed by atoms with van der Waals surface area (Å²) in [7, 11) is 1.57. The van der Waals surface area contributed by atoms with Crippen molar-refractivity contribution >= 4 is 22.5 Å². The number of hydrogen-bond donors (Lipinski definition) is 5. The van der Waals surface area contributed by atoms with Crippen molar-refractivity contribution in [3.63, 3.8) is 0 Å². The van der Waals surface area contributed by atoms with Gasteiger partial charge in [0, 0.05) is 38.4 Å². The summed E-state index contributed by atoms with van der Waals surface area (Å²) in [5, 5.41) is 7.12. The van der Waals surface area contributed by atoms with Crippen molar-refractivity contribution in [3.8, 4) is 5.75 Å². The molecule has 11 nitrogen and oxygen atoms in total. The van der Waals surface area contributed by atoms with Crippen molar-refractivity contribution in [3.05, 3.63) is 64.2 Å². The van der Waals surface area contributed by atoms with Gasteiger partial charge in [-0.2, -0.15) is 0 Å². The van der Waals surface area contributed by atoms with Crippen LogP contribution in [0.3, 0.4) is 0 Å². The van der Waals surface area contributed by atoms with E-state index in [2.05, 4.69) is 34.4 Å². The third kappa shape index (κ3) is 6.24. The largest absolute Gasteiger partial charge is 0.483 e. The lowest BCUT2D eigenvalue weighted by Crippen LogP contribution is -2.61. The number of fused-ring (bicyclic) bond motifs is 1. The molecule has 8 N–H and O–H groups in total. The minimum absolute atomic E-state index is 0.00955. The average molecular weight is 584 g/mol. The molecule has 2 aromatic carbocycles. The van der Waals surface area contributed by atoms with Gasteiger partial charge >= 0.3 is 0 Å². The minimum atomic E-state index is -0.836. The van der Waals surface area contributed by atoms with Crippen LogP contribution < -0.4 is 38.1 Å². The van der Waals surface area contributed by atoms with Gasteiger partial charge < -0.3 is 32.2 Å². The molecule has 4 atom stereocenters. The van der Waals surface area contributed by atoms with Crippen LogP contribution in [0.2, 0.25) is 0 Å². The second-order valence-corrected chi connectivity index (χ2v) is 11.4. The monoisotopic (exact) mass is 583 g/mol. The van der Waals surface area contributed by atoms with E-state index >= 15 is 0 Å². The number of benzene rings is 2. The molecule has 13 heteroatoms. The average Bonchev–Trinajstić information content (AvgIpc) is 2.95. The Labute approximate surface area is 243 Å². The third-order valence-electron chi connectivity index (χ3n) is 8.59. The molecule has 226 valence electrons. The van der Waals surface area contributed by atoms with E-state index < -0.39 is 17.3 Å². The van der Waals surface area contributed by atoms with Crippen LogP contribution in [0.5, 0.6) is 5.75 Å². The van der Waals surface area contributed by atoms with Gasteiger partial charge in [0.1, 0.15) is 18.2 Å². The first-order valence-electron chi connectivity index (χ1n) is 14.2. The molecule has 1 saturated carbocycles. The summed E-state index contributed by atoms with van der Waals surface area (Å²) < 4.78 is 34.2. The zero-order chi connectivity index (χ0) is 30.2. The molecular weight excluding hydrogens is 544 g/mol. The number of rotatable bonds is 5. The normalized spacial score (nSPS) is 24.6. The number of piperazine rings is 1. The summed E-state index contributed by atoms with van der Waals surface area (Å²) in [4.78, 5) is 25.0. The van der Waals surface area contributed by atoms with Gasteiger partial charge in [0.15, 0.2) is 17.5 Å². The lowest BCUT2D eigenvalue weighted by Gasteiger charge is -2.44. The van der Waals surface area contributed by atoms with Crippen LogP contribution in [0.1, 0.15) is 32.5 Å². The summed E-state index contributed by atoms with van der Waals surface area (Å²) >= 11 is 0. The molecule has 0 amide bonds. The van der Waals surface area contributed by atoms with E-state index in [0.29, 0.717) is 48.6 Å². The highest BCUT2D eigenvalue weighted by atomic mass is 19.1. The van der Waals surface area contributed by atoms with E-state index in [0.717, 1.165) is 18.6 Å². The number of ether oxygens (including phenoxy) is 1. The second kappa shape index (κ2) is 11.9. The third-order valence-corrected chi connectivity index (χ3v) is 8.59. The Morgan fingerprint density at radius 1 is 1.24 bits per heavy atom. The van der Waals surface area contributed by atoms with Gasteiger partial charge in [0.2, 0.25) is 0 Å². The molecule has 1 aliphatic heterocycles. The first-order chi connectivity index (χ1) is 19.9. The summed E-state index contributed by atoms with van der Waals surface area (Å²) in [6, 6.07) is 8.34. The topological polar surface area (TPSA) is 162 Å². The molecule has 2 fully saturated rings. The van der Waals surface area contributed by atoms with Crippen LogP contribution in [0, 0.1) is 23.5 Å². The highest BCUT2D eigenvalue weighted by Gasteiger charge is 2.40. The lowest BCUT2D eigenvalue weighted by atomic mass is 9.71. The molecule has 0 radical (unpaired) electrons. The maximum Gasteiger partial charge on any atom is 0.261 e. The van der Waals surface area contributed by atoms with E-state index in [9.17, 15) is 13.6 Å². The molecule has 0 spiro atoms. The molecule has 0 bridgehead atoms. The van der Waals surface area contributed by atoms with Crippen LogP contribution in [-0.2, 0) is 13.7 Å². The summed E-state index contributed by atoms with van der Waals surface area (Å²) in [6.45, 7) is 6.00. The predicted octanol–water partition coefficient (Wildman–Crippen LogP) is 1.80. The van der Waals surface area contributed by atoms with Crippen molar-refractivity contribution in [2.75, 3.05) is 25.0 Å². The van der Waals surface area contributed by atoms with Crippen molar-refractivity contribution in [1.29, 1.82) is 0 Å². The van der Waals surface area contributed by atoms with E-state index in [1.165, 1.54) is 10.6 Å². The number of aliphatic imine (C=N–C) groups is 1. The Bertz CT molecular complexity index is 1540. The van der Waals surface area contributed by atoms with E-state index in [4.69, 9.17) is 26.9 Å². The molecule has 5 rings (SSSR count). The summed E-state index contributed by atoms with van der Waals surface area (Å²) in [6.07, 6.45) is 1.22. The van der Waals surface area contributed by atoms with Crippen molar-refractivity contribution < 1.29 is 13.5 Å². The van der Waals surface area contributed by atoms with Gasteiger partial charge in [-0.1, -0.05) is 13.8 Å². The van der Waals surface area contributed by atoms with Crippen LogP contribution in [0.4, 0.5) is 14.5 Å². The van der Waals surface area contributed by atoms with Crippen molar-refractivity contribution in [2.24, 2.45) is 41.1 Å². The molecule has 1 saturated heterocycles. The Morgan fingerprint density at radius 3 is 2.76 bits per heavy atom. The number of anilines is 1. The number of guanidine groups is 1. The quantitative estimate of drug-likeness (QED) is 0.171. The highest BCUT2D eigenvalue weighted by molar-refractivity contribution is 5.96. The van der Waals surface area contributed by atoms with E-state index in [1.54, 1.807) is 19.2 Å². The minimum Gasteiger partial charge on any atom is -0.483 e. The predicted molar refractivity (Wildman–Crippen MR) is 159 cm³/mol. The van der Waals surface area contributed by atoms with Gasteiger partial charge in [-0.05, 0) is 55.0 Å². The van der Waals surface area contributed by atoms with E-state index in [-0.39, 0.29) is 47.8 Å². The maximum atomic E-state index is 14.1. The number of nitrogens with two attached hydrogens (primary N) is 3. The Morgan fingerprint density at radius 2 is 2.02 bits per heavy atom. The fourth-order valence-corrected chi connectivity index (χ4v) is 5.60. The molecule has 1 aromatic heterocycles.